The van der Waals surface area contributed by atoms with Crippen molar-refractivity contribution in [2.24, 2.45) is 17.8 Å². The van der Waals surface area contributed by atoms with E-state index in [9.17, 15) is 0 Å². The fraction of sp³-hybridized carbons (Fsp3) is 0.625. The third kappa shape index (κ3) is 2.10. The van der Waals surface area contributed by atoms with Crippen molar-refractivity contribution in [3.63, 3.8) is 0 Å². The zero-order valence-corrected chi connectivity index (χ0v) is 11.2. The van der Waals surface area contributed by atoms with Gasteiger partial charge in [0.15, 0.2) is 11.5 Å². The number of fused-ring (bicyclic) bond motifs is 3. The van der Waals surface area contributed by atoms with Crippen molar-refractivity contribution in [1.29, 1.82) is 0 Å². The highest BCUT2D eigenvalue weighted by atomic mass is 16.7. The zero-order chi connectivity index (χ0) is 12.7. The monoisotopic (exact) mass is 259 g/mol. The van der Waals surface area contributed by atoms with Crippen LogP contribution in [0, 0.1) is 17.8 Å². The van der Waals surface area contributed by atoms with Crippen molar-refractivity contribution < 1.29 is 9.47 Å². The first-order valence-electron chi connectivity index (χ1n) is 7.48. The Kier molecular flexibility index (Phi) is 2.87. The molecule has 0 saturated heterocycles. The van der Waals surface area contributed by atoms with Gasteiger partial charge in [-0.1, -0.05) is 18.6 Å². The summed E-state index contributed by atoms with van der Waals surface area (Å²) in [5.74, 6) is 4.77. The quantitative estimate of drug-likeness (QED) is 0.901. The Morgan fingerprint density at radius 2 is 2.16 bits per heavy atom. The van der Waals surface area contributed by atoms with Gasteiger partial charge in [0, 0.05) is 12.1 Å². The summed E-state index contributed by atoms with van der Waals surface area (Å²) in [5.41, 5.74) is 1.22. The fourth-order valence-corrected chi connectivity index (χ4v) is 4.15. The highest BCUT2D eigenvalue weighted by Gasteiger charge is 2.38. The van der Waals surface area contributed by atoms with Gasteiger partial charge in [0.05, 0.1) is 0 Å². The molecule has 3 aliphatic rings. The van der Waals surface area contributed by atoms with E-state index in [0.29, 0.717) is 6.79 Å². The number of hydrogen-bond acceptors (Lipinski definition) is 3. The second-order valence-electron chi connectivity index (χ2n) is 6.22. The van der Waals surface area contributed by atoms with E-state index in [2.05, 4.69) is 11.4 Å². The van der Waals surface area contributed by atoms with Crippen LogP contribution in [0.4, 0.5) is 0 Å². The lowest BCUT2D eigenvalue weighted by molar-refractivity contribution is 0.173. The second kappa shape index (κ2) is 4.71. The molecule has 2 bridgehead atoms. The van der Waals surface area contributed by atoms with E-state index in [1.807, 2.05) is 12.1 Å². The molecule has 0 aromatic heterocycles. The third-order valence-corrected chi connectivity index (χ3v) is 5.08. The second-order valence-corrected chi connectivity index (χ2v) is 6.22. The molecule has 3 atom stereocenters. The lowest BCUT2D eigenvalue weighted by atomic mass is 9.89. The summed E-state index contributed by atoms with van der Waals surface area (Å²) < 4.78 is 10.9. The number of benzene rings is 1. The minimum Gasteiger partial charge on any atom is -0.454 e. The molecule has 19 heavy (non-hydrogen) atoms. The van der Waals surface area contributed by atoms with Gasteiger partial charge >= 0.3 is 0 Å². The predicted molar refractivity (Wildman–Crippen MR) is 73.2 cm³/mol. The number of nitrogens with one attached hydrogen (secondary N) is 1. The van der Waals surface area contributed by atoms with Crippen molar-refractivity contribution in [1.82, 2.24) is 5.32 Å². The molecule has 1 heterocycles. The highest BCUT2D eigenvalue weighted by Crippen LogP contribution is 2.48. The molecule has 3 heteroatoms. The van der Waals surface area contributed by atoms with E-state index in [1.165, 1.54) is 31.2 Å². The average molecular weight is 259 g/mol. The Labute approximate surface area is 114 Å². The Morgan fingerprint density at radius 3 is 3.00 bits per heavy atom. The molecule has 2 fully saturated rings. The predicted octanol–water partition coefficient (Wildman–Crippen LogP) is 2.94. The van der Waals surface area contributed by atoms with Crippen molar-refractivity contribution in [3.05, 3.63) is 23.8 Å². The van der Waals surface area contributed by atoms with E-state index < -0.39 is 0 Å². The molecule has 1 N–H and O–H groups in total. The molecular formula is C16H21NO2. The van der Waals surface area contributed by atoms with Gasteiger partial charge in [-0.3, -0.25) is 0 Å². The van der Waals surface area contributed by atoms with Crippen molar-refractivity contribution >= 4 is 0 Å². The van der Waals surface area contributed by atoms with Gasteiger partial charge in [0.1, 0.15) is 0 Å². The lowest BCUT2D eigenvalue weighted by Crippen LogP contribution is -2.26. The first-order chi connectivity index (χ1) is 9.40. The van der Waals surface area contributed by atoms with Crippen LogP contribution in [-0.2, 0) is 6.54 Å². The maximum absolute atomic E-state index is 5.54. The summed E-state index contributed by atoms with van der Waals surface area (Å²) in [6.45, 7) is 2.41. The van der Waals surface area contributed by atoms with Crippen LogP contribution in [-0.4, -0.2) is 13.3 Å². The Balaban J connectivity index is 1.34. The number of rotatable bonds is 4. The van der Waals surface area contributed by atoms with Crippen LogP contribution in [0.25, 0.3) is 0 Å². The maximum atomic E-state index is 5.54. The molecule has 102 valence electrons. The van der Waals surface area contributed by atoms with E-state index >= 15 is 0 Å². The molecule has 2 saturated carbocycles. The molecule has 2 aliphatic carbocycles. The van der Waals surface area contributed by atoms with Gasteiger partial charge in [0.25, 0.3) is 0 Å². The van der Waals surface area contributed by atoms with E-state index in [0.717, 1.165) is 42.3 Å². The van der Waals surface area contributed by atoms with Crippen LogP contribution in [0.3, 0.4) is 0 Å². The van der Waals surface area contributed by atoms with E-state index in [4.69, 9.17) is 9.47 Å². The molecule has 0 amide bonds. The molecule has 0 spiro atoms. The standard InChI is InChI=1S/C16H21NO2/c1-2-13(16-15(3-1)18-10-19-16)8-17-9-14-7-11-4-5-12(14)6-11/h1-3,11-12,14,17H,4-10H2. The van der Waals surface area contributed by atoms with Crippen LogP contribution >= 0.6 is 0 Å². The Morgan fingerprint density at radius 1 is 1.16 bits per heavy atom. The number of ether oxygens (including phenoxy) is 2. The van der Waals surface area contributed by atoms with Gasteiger partial charge in [-0.05, 0) is 49.6 Å². The first-order valence-corrected chi connectivity index (χ1v) is 7.48. The van der Waals surface area contributed by atoms with Crippen LogP contribution in [0.15, 0.2) is 18.2 Å². The Bertz CT molecular complexity index is 474. The molecule has 4 rings (SSSR count). The summed E-state index contributed by atoms with van der Waals surface area (Å²) in [4.78, 5) is 0. The minimum absolute atomic E-state index is 0.360. The van der Waals surface area contributed by atoms with Crippen LogP contribution < -0.4 is 14.8 Å². The maximum Gasteiger partial charge on any atom is 0.231 e. The molecule has 1 aliphatic heterocycles. The van der Waals surface area contributed by atoms with Crippen LogP contribution in [0.5, 0.6) is 11.5 Å². The largest absolute Gasteiger partial charge is 0.454 e. The van der Waals surface area contributed by atoms with Crippen molar-refractivity contribution in [2.75, 3.05) is 13.3 Å². The van der Waals surface area contributed by atoms with Crippen molar-refractivity contribution in [3.8, 4) is 11.5 Å². The fourth-order valence-electron chi connectivity index (χ4n) is 4.15. The van der Waals surface area contributed by atoms with E-state index in [1.54, 1.807) is 0 Å². The zero-order valence-electron chi connectivity index (χ0n) is 11.2. The first kappa shape index (κ1) is 11.6. The van der Waals surface area contributed by atoms with Crippen molar-refractivity contribution in [2.45, 2.75) is 32.2 Å². The van der Waals surface area contributed by atoms with Gasteiger partial charge in [-0.25, -0.2) is 0 Å². The molecule has 1 aromatic rings. The van der Waals surface area contributed by atoms with Crippen LogP contribution in [0.2, 0.25) is 0 Å². The molecule has 1 aromatic carbocycles. The van der Waals surface area contributed by atoms with Gasteiger partial charge in [-0.15, -0.1) is 0 Å². The smallest absolute Gasteiger partial charge is 0.231 e. The summed E-state index contributed by atoms with van der Waals surface area (Å²) >= 11 is 0. The SMILES string of the molecule is c1cc(CNCC2CC3CCC2C3)c2c(c1)OCO2. The lowest BCUT2D eigenvalue weighted by Gasteiger charge is -2.22. The number of hydrogen-bond donors (Lipinski definition) is 1. The summed E-state index contributed by atoms with van der Waals surface area (Å²) in [7, 11) is 0. The highest BCUT2D eigenvalue weighted by molar-refractivity contribution is 5.48. The number of para-hydroxylation sites is 1. The molecular weight excluding hydrogens is 238 g/mol. The normalized spacial score (nSPS) is 31.1. The van der Waals surface area contributed by atoms with Gasteiger partial charge in [-0.2, -0.15) is 0 Å². The topological polar surface area (TPSA) is 30.5 Å². The minimum atomic E-state index is 0.360. The molecule has 0 radical (unpaired) electrons. The van der Waals surface area contributed by atoms with Crippen LogP contribution in [0.1, 0.15) is 31.2 Å². The van der Waals surface area contributed by atoms with E-state index in [-0.39, 0.29) is 0 Å². The molecule has 3 unspecified atom stereocenters. The average Bonchev–Trinajstić information content (AvgIpc) is 3.14. The Hall–Kier alpha value is -1.22. The van der Waals surface area contributed by atoms with Gasteiger partial charge in [0.2, 0.25) is 6.79 Å². The summed E-state index contributed by atoms with van der Waals surface area (Å²) in [6, 6.07) is 6.14. The summed E-state index contributed by atoms with van der Waals surface area (Å²) in [5, 5.41) is 3.62. The third-order valence-electron chi connectivity index (χ3n) is 5.08. The summed E-state index contributed by atoms with van der Waals surface area (Å²) in [6.07, 6.45) is 5.89. The molecule has 3 nitrogen and oxygen atoms in total. The van der Waals surface area contributed by atoms with Gasteiger partial charge < -0.3 is 14.8 Å².